The molecule has 1 aromatic carbocycles. The molecule has 4 rings (SSSR count). The van der Waals surface area contributed by atoms with Crippen LogP contribution in [0.2, 0.25) is 0 Å². The molecule has 3 heterocycles. The lowest BCUT2D eigenvalue weighted by Gasteiger charge is -2.31. The van der Waals surface area contributed by atoms with Crippen LogP contribution in [0.1, 0.15) is 18.4 Å². The van der Waals surface area contributed by atoms with Crippen LogP contribution in [0.15, 0.2) is 18.2 Å². The van der Waals surface area contributed by atoms with Crippen LogP contribution in [0.3, 0.4) is 0 Å². The van der Waals surface area contributed by atoms with Crippen LogP contribution in [0.5, 0.6) is 5.75 Å². The fourth-order valence-electron chi connectivity index (χ4n) is 3.29. The quantitative estimate of drug-likeness (QED) is 0.643. The lowest BCUT2D eigenvalue weighted by molar-refractivity contribution is -0.126. The Hall–Kier alpha value is -2.08. The Morgan fingerprint density at radius 2 is 2.00 bits per heavy atom. The SMILES string of the molecule is COc1ccc(N)c(C(=N)C(=O)N2CCN3CCC2CC3)c1. The molecule has 22 heavy (non-hydrogen) atoms. The number of anilines is 1. The number of benzene rings is 1. The molecule has 3 aliphatic rings. The number of carbonyl (C=O) groups excluding carboxylic acids is 1. The number of hydrogen-bond donors (Lipinski definition) is 2. The molecule has 6 heteroatoms. The molecule has 3 fully saturated rings. The molecular formula is C16H22N4O2. The highest BCUT2D eigenvalue weighted by Gasteiger charge is 2.33. The maximum atomic E-state index is 12.8. The third kappa shape index (κ3) is 2.66. The molecule has 1 aromatic rings. The number of nitrogens with one attached hydrogen (secondary N) is 1. The molecule has 0 spiro atoms. The van der Waals surface area contributed by atoms with Crippen molar-refractivity contribution in [3.05, 3.63) is 23.8 Å². The van der Waals surface area contributed by atoms with Gasteiger partial charge in [0.25, 0.3) is 5.91 Å². The zero-order valence-electron chi connectivity index (χ0n) is 12.8. The Morgan fingerprint density at radius 1 is 1.27 bits per heavy atom. The van der Waals surface area contributed by atoms with Gasteiger partial charge in [-0.1, -0.05) is 0 Å². The summed E-state index contributed by atoms with van der Waals surface area (Å²) < 4.78 is 5.17. The van der Waals surface area contributed by atoms with E-state index in [0.717, 1.165) is 32.5 Å². The predicted octanol–water partition coefficient (Wildman–Crippen LogP) is 0.952. The summed E-state index contributed by atoms with van der Waals surface area (Å²) in [6.45, 7) is 3.67. The molecule has 0 unspecified atom stereocenters. The average molecular weight is 302 g/mol. The molecule has 0 radical (unpaired) electrons. The van der Waals surface area contributed by atoms with Crippen molar-refractivity contribution in [2.75, 3.05) is 39.0 Å². The molecule has 118 valence electrons. The van der Waals surface area contributed by atoms with Gasteiger partial charge in [0, 0.05) is 43.5 Å². The van der Waals surface area contributed by atoms with E-state index >= 15 is 0 Å². The lowest BCUT2D eigenvalue weighted by Crippen LogP contribution is -2.44. The summed E-state index contributed by atoms with van der Waals surface area (Å²) in [4.78, 5) is 17.0. The molecule has 3 saturated heterocycles. The number of rotatable bonds is 3. The van der Waals surface area contributed by atoms with Gasteiger partial charge in [0.1, 0.15) is 11.5 Å². The minimum Gasteiger partial charge on any atom is -0.497 e. The van der Waals surface area contributed by atoms with Gasteiger partial charge in [0.15, 0.2) is 0 Å². The van der Waals surface area contributed by atoms with E-state index in [9.17, 15) is 4.79 Å². The number of nitrogens with two attached hydrogens (primary N) is 1. The highest BCUT2D eigenvalue weighted by atomic mass is 16.5. The number of amides is 1. The van der Waals surface area contributed by atoms with E-state index in [4.69, 9.17) is 15.9 Å². The molecule has 1 amide bonds. The van der Waals surface area contributed by atoms with E-state index in [1.165, 1.54) is 0 Å². The predicted molar refractivity (Wildman–Crippen MR) is 85.4 cm³/mol. The first-order chi connectivity index (χ1) is 10.6. The van der Waals surface area contributed by atoms with Crippen molar-refractivity contribution in [2.45, 2.75) is 18.9 Å². The number of piperidine rings is 1. The molecule has 0 atom stereocenters. The summed E-state index contributed by atoms with van der Waals surface area (Å²) in [5.41, 5.74) is 6.78. The smallest absolute Gasteiger partial charge is 0.272 e. The van der Waals surface area contributed by atoms with Crippen molar-refractivity contribution in [3.8, 4) is 5.75 Å². The van der Waals surface area contributed by atoms with Gasteiger partial charge in [-0.3, -0.25) is 10.2 Å². The fraction of sp³-hybridized carbons (Fsp3) is 0.500. The highest BCUT2D eigenvalue weighted by molar-refractivity contribution is 6.45. The minimum atomic E-state index is -0.228. The van der Waals surface area contributed by atoms with Gasteiger partial charge in [0.05, 0.1) is 7.11 Å². The van der Waals surface area contributed by atoms with Crippen LogP contribution < -0.4 is 10.5 Å². The largest absolute Gasteiger partial charge is 0.497 e. The Kier molecular flexibility index (Phi) is 4.02. The van der Waals surface area contributed by atoms with Gasteiger partial charge in [0.2, 0.25) is 0 Å². The summed E-state index contributed by atoms with van der Waals surface area (Å²) in [5.74, 6) is 0.373. The summed E-state index contributed by atoms with van der Waals surface area (Å²) in [6, 6.07) is 5.32. The van der Waals surface area contributed by atoms with Crippen LogP contribution in [-0.4, -0.2) is 60.7 Å². The topological polar surface area (TPSA) is 82.6 Å². The summed E-state index contributed by atoms with van der Waals surface area (Å²) in [7, 11) is 1.56. The first kappa shape index (κ1) is 14.8. The second kappa shape index (κ2) is 5.96. The highest BCUT2D eigenvalue weighted by Crippen LogP contribution is 2.24. The van der Waals surface area contributed by atoms with E-state index < -0.39 is 0 Å². The summed E-state index contributed by atoms with van der Waals surface area (Å²) in [5, 5.41) is 8.29. The third-order valence-electron chi connectivity index (χ3n) is 4.66. The van der Waals surface area contributed by atoms with E-state index in [-0.39, 0.29) is 17.7 Å². The van der Waals surface area contributed by atoms with Gasteiger partial charge >= 0.3 is 0 Å². The lowest BCUT2D eigenvalue weighted by atomic mass is 10.0. The first-order valence-corrected chi connectivity index (χ1v) is 7.66. The Balaban J connectivity index is 1.84. The van der Waals surface area contributed by atoms with E-state index in [2.05, 4.69) is 4.90 Å². The number of nitrogen functional groups attached to an aromatic ring is 1. The molecule has 0 saturated carbocycles. The summed E-state index contributed by atoms with van der Waals surface area (Å²) >= 11 is 0. The zero-order chi connectivity index (χ0) is 15.7. The standard InChI is InChI=1S/C16H22N4O2/c1-22-12-2-3-14(17)13(10-12)15(18)16(21)20-9-8-19-6-4-11(20)5-7-19/h2-3,10-11,18H,4-9,17H2,1H3. The van der Waals surface area contributed by atoms with Crippen molar-refractivity contribution >= 4 is 17.3 Å². The third-order valence-corrected chi connectivity index (χ3v) is 4.66. The van der Waals surface area contributed by atoms with Crippen LogP contribution in [-0.2, 0) is 4.79 Å². The molecule has 0 aliphatic carbocycles. The molecule has 2 bridgehead atoms. The first-order valence-electron chi connectivity index (χ1n) is 7.66. The van der Waals surface area contributed by atoms with Gasteiger partial charge in [-0.25, -0.2) is 0 Å². The van der Waals surface area contributed by atoms with Crippen molar-refractivity contribution in [1.29, 1.82) is 5.41 Å². The van der Waals surface area contributed by atoms with E-state index in [1.54, 1.807) is 25.3 Å². The number of methoxy groups -OCH3 is 1. The second-order valence-corrected chi connectivity index (χ2v) is 5.90. The number of carbonyl (C=O) groups is 1. The number of hydrogen-bond acceptors (Lipinski definition) is 5. The van der Waals surface area contributed by atoms with Gasteiger partial charge in [-0.15, -0.1) is 0 Å². The van der Waals surface area contributed by atoms with Crippen molar-refractivity contribution in [2.24, 2.45) is 0 Å². The van der Waals surface area contributed by atoms with Crippen LogP contribution in [0.4, 0.5) is 5.69 Å². The van der Waals surface area contributed by atoms with Crippen molar-refractivity contribution < 1.29 is 9.53 Å². The van der Waals surface area contributed by atoms with Crippen molar-refractivity contribution in [3.63, 3.8) is 0 Å². The minimum absolute atomic E-state index is 0.0447. The Morgan fingerprint density at radius 3 is 2.68 bits per heavy atom. The maximum absolute atomic E-state index is 12.8. The van der Waals surface area contributed by atoms with Gasteiger partial charge in [-0.2, -0.15) is 0 Å². The number of fused-ring (bicyclic) bond motifs is 4. The molecule has 3 N–H and O–H groups in total. The Bertz CT molecular complexity index is 594. The Labute approximate surface area is 130 Å². The maximum Gasteiger partial charge on any atom is 0.272 e. The molecule has 6 nitrogen and oxygen atoms in total. The van der Waals surface area contributed by atoms with Crippen LogP contribution in [0, 0.1) is 5.41 Å². The van der Waals surface area contributed by atoms with E-state index in [1.807, 2.05) is 4.90 Å². The average Bonchev–Trinajstić information content (AvgIpc) is 2.88. The normalized spacial score (nSPS) is 24.0. The van der Waals surface area contributed by atoms with Gasteiger partial charge in [-0.05, 0) is 31.0 Å². The van der Waals surface area contributed by atoms with Crippen LogP contribution >= 0.6 is 0 Å². The summed E-state index contributed by atoms with van der Waals surface area (Å²) in [6.07, 6.45) is 1.99. The molecule has 0 aromatic heterocycles. The van der Waals surface area contributed by atoms with Crippen molar-refractivity contribution in [1.82, 2.24) is 9.80 Å². The van der Waals surface area contributed by atoms with Crippen LogP contribution in [0.25, 0.3) is 0 Å². The van der Waals surface area contributed by atoms with Gasteiger partial charge < -0.3 is 20.3 Å². The second-order valence-electron chi connectivity index (χ2n) is 5.90. The molecule has 3 aliphatic heterocycles. The fourth-order valence-corrected chi connectivity index (χ4v) is 3.29. The number of ether oxygens (including phenoxy) is 1. The monoisotopic (exact) mass is 302 g/mol. The molecular weight excluding hydrogens is 280 g/mol. The number of nitrogens with zero attached hydrogens (tertiary/aromatic N) is 2. The van der Waals surface area contributed by atoms with E-state index in [0.29, 0.717) is 23.5 Å². The zero-order valence-corrected chi connectivity index (χ0v) is 12.8.